The van der Waals surface area contributed by atoms with E-state index in [-0.39, 0.29) is 0 Å². The van der Waals surface area contributed by atoms with E-state index in [0.717, 1.165) is 11.5 Å². The Balaban J connectivity index is 2.80. The number of hydrogen-bond acceptors (Lipinski definition) is 6. The van der Waals surface area contributed by atoms with Crippen LogP contribution < -0.4 is 4.90 Å². The van der Waals surface area contributed by atoms with E-state index in [4.69, 9.17) is 5.26 Å². The molecule has 0 aliphatic carbocycles. The van der Waals surface area contributed by atoms with Crippen molar-refractivity contribution in [3.63, 3.8) is 0 Å². The summed E-state index contributed by atoms with van der Waals surface area (Å²) in [5.74, 6) is 0. The third-order valence-corrected chi connectivity index (χ3v) is 1.40. The van der Waals surface area contributed by atoms with Gasteiger partial charge in [0, 0.05) is 18.6 Å². The molecule has 1 aromatic heterocycles. The standard InChI is InChI=1S/C3H3N5S/c1-8(2-4)3-5-6-7-9-3/h1H3. The third kappa shape index (κ3) is 1.12. The minimum absolute atomic E-state index is 0.512. The molecule has 0 aliphatic heterocycles. The van der Waals surface area contributed by atoms with Crippen molar-refractivity contribution in [2.24, 2.45) is 0 Å². The summed E-state index contributed by atoms with van der Waals surface area (Å²) >= 11 is 1.09. The minimum Gasteiger partial charge on any atom is -0.255 e. The van der Waals surface area contributed by atoms with Gasteiger partial charge in [-0.3, -0.25) is 4.90 Å². The molecule has 1 aromatic rings. The molecule has 0 saturated heterocycles. The summed E-state index contributed by atoms with van der Waals surface area (Å²) in [4.78, 5) is 1.30. The number of rotatable bonds is 1. The first-order chi connectivity index (χ1) is 4.34. The van der Waals surface area contributed by atoms with Crippen LogP contribution in [0.4, 0.5) is 5.13 Å². The molecule has 0 bridgehead atoms. The molecule has 0 saturated carbocycles. The lowest BCUT2D eigenvalue weighted by Gasteiger charge is -1.97. The average molecular weight is 141 g/mol. The molecule has 0 amide bonds. The van der Waals surface area contributed by atoms with Gasteiger partial charge in [-0.1, -0.05) is 9.59 Å². The zero-order chi connectivity index (χ0) is 6.69. The Morgan fingerprint density at radius 1 is 1.78 bits per heavy atom. The second kappa shape index (κ2) is 2.37. The molecule has 0 atom stereocenters. The molecule has 0 fully saturated rings. The molecular weight excluding hydrogens is 138 g/mol. The van der Waals surface area contributed by atoms with E-state index in [2.05, 4.69) is 14.8 Å². The zero-order valence-electron chi connectivity index (χ0n) is 4.64. The molecule has 0 aliphatic rings. The largest absolute Gasteiger partial charge is 0.255 e. The van der Waals surface area contributed by atoms with Gasteiger partial charge in [-0.15, -0.1) is 0 Å². The zero-order valence-corrected chi connectivity index (χ0v) is 5.46. The fourth-order valence-corrected chi connectivity index (χ4v) is 0.683. The van der Waals surface area contributed by atoms with Gasteiger partial charge in [-0.2, -0.15) is 5.26 Å². The van der Waals surface area contributed by atoms with Gasteiger partial charge in [0.15, 0.2) is 6.19 Å². The highest BCUT2D eigenvalue weighted by Crippen LogP contribution is 2.08. The summed E-state index contributed by atoms with van der Waals surface area (Å²) in [6.45, 7) is 0. The fraction of sp³-hybridized carbons (Fsp3) is 0.333. The highest BCUT2D eigenvalue weighted by Gasteiger charge is 2.01. The molecule has 5 nitrogen and oxygen atoms in total. The van der Waals surface area contributed by atoms with Crippen LogP contribution in [-0.2, 0) is 0 Å². The van der Waals surface area contributed by atoms with Crippen molar-refractivity contribution < 1.29 is 0 Å². The predicted molar refractivity (Wildman–Crippen MR) is 31.7 cm³/mol. The van der Waals surface area contributed by atoms with Crippen LogP contribution >= 0.6 is 11.5 Å². The lowest BCUT2D eigenvalue weighted by atomic mass is 10.9. The van der Waals surface area contributed by atoms with Gasteiger partial charge >= 0.3 is 0 Å². The molecule has 46 valence electrons. The smallest absolute Gasteiger partial charge is 0.240 e. The molecule has 6 heteroatoms. The van der Waals surface area contributed by atoms with Gasteiger partial charge in [0.25, 0.3) is 0 Å². The summed E-state index contributed by atoms with van der Waals surface area (Å²) in [5, 5.41) is 15.7. The summed E-state index contributed by atoms with van der Waals surface area (Å²) in [6, 6.07) is 0. The first-order valence-corrected chi connectivity index (χ1v) is 2.90. The fourth-order valence-electron chi connectivity index (χ4n) is 0.301. The Kier molecular flexibility index (Phi) is 1.55. The van der Waals surface area contributed by atoms with Crippen molar-refractivity contribution in [2.45, 2.75) is 0 Å². The normalized spacial score (nSPS) is 8.44. The van der Waals surface area contributed by atoms with Crippen molar-refractivity contribution in [3.05, 3.63) is 0 Å². The lowest BCUT2D eigenvalue weighted by Crippen LogP contribution is -2.06. The van der Waals surface area contributed by atoms with Crippen molar-refractivity contribution >= 4 is 16.7 Å². The second-order valence-corrected chi connectivity index (χ2v) is 2.01. The average Bonchev–Trinajstić information content (AvgIpc) is 2.37. The van der Waals surface area contributed by atoms with E-state index in [1.165, 1.54) is 4.90 Å². The Bertz CT molecular complexity index is 211. The summed E-state index contributed by atoms with van der Waals surface area (Å²) in [7, 11) is 1.60. The number of hydrogen-bond donors (Lipinski definition) is 0. The number of nitrogens with zero attached hydrogens (tertiary/aromatic N) is 5. The van der Waals surface area contributed by atoms with E-state index in [1.807, 2.05) is 6.19 Å². The van der Waals surface area contributed by atoms with Gasteiger partial charge in [0.05, 0.1) is 0 Å². The molecule has 1 rings (SSSR count). The highest BCUT2D eigenvalue weighted by atomic mass is 32.1. The van der Waals surface area contributed by atoms with E-state index < -0.39 is 0 Å². The first kappa shape index (κ1) is 5.91. The molecule has 0 spiro atoms. The van der Waals surface area contributed by atoms with Gasteiger partial charge in [0.1, 0.15) is 0 Å². The number of aromatic nitrogens is 3. The van der Waals surface area contributed by atoms with Crippen LogP contribution in [0.5, 0.6) is 0 Å². The van der Waals surface area contributed by atoms with Gasteiger partial charge < -0.3 is 0 Å². The van der Waals surface area contributed by atoms with Gasteiger partial charge in [0.2, 0.25) is 5.13 Å². The monoisotopic (exact) mass is 141 g/mol. The maximum absolute atomic E-state index is 8.29. The molecule has 1 heterocycles. The number of nitriles is 1. The Morgan fingerprint density at radius 2 is 2.56 bits per heavy atom. The van der Waals surface area contributed by atoms with Crippen molar-refractivity contribution in [1.82, 2.24) is 14.8 Å². The molecule has 0 N–H and O–H groups in total. The molecule has 0 unspecified atom stereocenters. The highest BCUT2D eigenvalue weighted by molar-refractivity contribution is 7.09. The Morgan fingerprint density at radius 3 is 3.00 bits per heavy atom. The second-order valence-electron chi connectivity index (χ2n) is 1.30. The van der Waals surface area contributed by atoms with Crippen LogP contribution in [0.15, 0.2) is 0 Å². The molecular formula is C3H3N5S. The van der Waals surface area contributed by atoms with Crippen LogP contribution in [-0.4, -0.2) is 21.8 Å². The van der Waals surface area contributed by atoms with Crippen LogP contribution in [0, 0.1) is 11.5 Å². The van der Waals surface area contributed by atoms with E-state index >= 15 is 0 Å². The van der Waals surface area contributed by atoms with Gasteiger partial charge in [-0.05, 0) is 5.21 Å². The topological polar surface area (TPSA) is 65.7 Å². The van der Waals surface area contributed by atoms with Gasteiger partial charge in [-0.25, -0.2) is 0 Å². The number of anilines is 1. The minimum atomic E-state index is 0.512. The molecule has 9 heavy (non-hydrogen) atoms. The van der Waals surface area contributed by atoms with Crippen molar-refractivity contribution in [2.75, 3.05) is 11.9 Å². The Labute approximate surface area is 55.7 Å². The summed E-state index contributed by atoms with van der Waals surface area (Å²) in [5.41, 5.74) is 0. The van der Waals surface area contributed by atoms with Crippen LogP contribution in [0.3, 0.4) is 0 Å². The van der Waals surface area contributed by atoms with Crippen LogP contribution in [0.1, 0.15) is 0 Å². The quantitative estimate of drug-likeness (QED) is 0.402. The van der Waals surface area contributed by atoms with E-state index in [1.54, 1.807) is 7.05 Å². The maximum Gasteiger partial charge on any atom is 0.240 e. The van der Waals surface area contributed by atoms with E-state index in [0.29, 0.717) is 5.13 Å². The molecule has 0 aromatic carbocycles. The SMILES string of the molecule is CN(C#N)c1nnns1. The molecule has 0 radical (unpaired) electrons. The summed E-state index contributed by atoms with van der Waals surface area (Å²) in [6.07, 6.45) is 1.87. The summed E-state index contributed by atoms with van der Waals surface area (Å²) < 4.78 is 3.48. The van der Waals surface area contributed by atoms with E-state index in [9.17, 15) is 0 Å². The van der Waals surface area contributed by atoms with Crippen LogP contribution in [0.2, 0.25) is 0 Å². The van der Waals surface area contributed by atoms with Crippen molar-refractivity contribution in [3.8, 4) is 6.19 Å². The first-order valence-electron chi connectivity index (χ1n) is 2.13. The third-order valence-electron chi connectivity index (χ3n) is 0.726. The lowest BCUT2D eigenvalue weighted by molar-refractivity contribution is 0.945. The van der Waals surface area contributed by atoms with Crippen molar-refractivity contribution in [1.29, 1.82) is 5.26 Å². The maximum atomic E-state index is 8.29. The predicted octanol–water partition coefficient (Wildman–Crippen LogP) is -0.150. The Hall–Kier alpha value is -1.22. The van der Waals surface area contributed by atoms with Crippen LogP contribution in [0.25, 0.3) is 0 Å².